The van der Waals surface area contributed by atoms with Gasteiger partial charge >= 0.3 is 0 Å². The predicted molar refractivity (Wildman–Crippen MR) is 106 cm³/mol. The SMILES string of the molecule is CCCCNC(=O)c1ccc(NCC(=O)Nc2cccc(C(N)=O)c2)cc1. The number of nitrogens with one attached hydrogen (secondary N) is 3. The molecule has 0 bridgehead atoms. The van der Waals surface area contributed by atoms with Gasteiger partial charge in [0.15, 0.2) is 0 Å². The molecule has 5 N–H and O–H groups in total. The van der Waals surface area contributed by atoms with Crippen LogP contribution in [0.2, 0.25) is 0 Å². The van der Waals surface area contributed by atoms with E-state index in [1.54, 1.807) is 42.5 Å². The summed E-state index contributed by atoms with van der Waals surface area (Å²) in [6, 6.07) is 13.3. The summed E-state index contributed by atoms with van der Waals surface area (Å²) in [6.45, 7) is 2.77. The monoisotopic (exact) mass is 368 g/mol. The molecule has 0 spiro atoms. The highest BCUT2D eigenvalue weighted by Crippen LogP contribution is 2.11. The zero-order valence-electron chi connectivity index (χ0n) is 15.2. The molecule has 2 rings (SSSR count). The molecule has 0 saturated carbocycles. The fourth-order valence-electron chi connectivity index (χ4n) is 2.36. The standard InChI is InChI=1S/C20H24N4O3/c1-2-3-11-22-20(27)14-7-9-16(10-8-14)23-13-18(25)24-17-6-4-5-15(12-17)19(21)26/h4-10,12,23H,2-3,11,13H2,1H3,(H2,21,26)(H,22,27)(H,24,25). The van der Waals surface area contributed by atoms with E-state index in [0.29, 0.717) is 23.4 Å². The molecule has 0 fully saturated rings. The first-order valence-electron chi connectivity index (χ1n) is 8.81. The van der Waals surface area contributed by atoms with E-state index in [0.717, 1.165) is 18.5 Å². The van der Waals surface area contributed by atoms with Crippen molar-refractivity contribution in [3.05, 3.63) is 59.7 Å². The number of hydrogen-bond acceptors (Lipinski definition) is 4. The number of unbranched alkanes of at least 4 members (excludes halogenated alkanes) is 1. The first kappa shape index (κ1) is 20.0. The fourth-order valence-corrected chi connectivity index (χ4v) is 2.36. The van der Waals surface area contributed by atoms with E-state index in [-0.39, 0.29) is 18.4 Å². The Kier molecular flexibility index (Phi) is 7.37. The Morgan fingerprint density at radius 2 is 1.70 bits per heavy atom. The van der Waals surface area contributed by atoms with Crippen molar-refractivity contribution in [3.8, 4) is 0 Å². The molecule has 7 heteroatoms. The van der Waals surface area contributed by atoms with Crippen LogP contribution in [0.1, 0.15) is 40.5 Å². The van der Waals surface area contributed by atoms with Gasteiger partial charge in [-0.2, -0.15) is 0 Å². The number of anilines is 2. The van der Waals surface area contributed by atoms with Crippen molar-refractivity contribution in [2.75, 3.05) is 23.7 Å². The summed E-state index contributed by atoms with van der Waals surface area (Å²) in [5.74, 6) is -0.928. The van der Waals surface area contributed by atoms with Crippen LogP contribution in [0.25, 0.3) is 0 Å². The first-order chi connectivity index (χ1) is 13.0. The Bertz CT molecular complexity index is 803. The number of hydrogen-bond donors (Lipinski definition) is 4. The van der Waals surface area contributed by atoms with Crippen molar-refractivity contribution in [3.63, 3.8) is 0 Å². The number of benzene rings is 2. The maximum Gasteiger partial charge on any atom is 0.251 e. The molecule has 0 heterocycles. The molecule has 27 heavy (non-hydrogen) atoms. The summed E-state index contributed by atoms with van der Waals surface area (Å²) in [6.07, 6.45) is 1.97. The van der Waals surface area contributed by atoms with Crippen molar-refractivity contribution >= 4 is 29.1 Å². The van der Waals surface area contributed by atoms with Gasteiger partial charge in [0.1, 0.15) is 0 Å². The quantitative estimate of drug-likeness (QED) is 0.509. The normalized spacial score (nSPS) is 10.1. The number of primary amides is 1. The van der Waals surface area contributed by atoms with Crippen molar-refractivity contribution in [2.24, 2.45) is 5.73 Å². The van der Waals surface area contributed by atoms with Gasteiger partial charge in [0.2, 0.25) is 11.8 Å². The van der Waals surface area contributed by atoms with E-state index in [2.05, 4.69) is 22.9 Å². The van der Waals surface area contributed by atoms with Crippen molar-refractivity contribution in [2.45, 2.75) is 19.8 Å². The molecule has 0 radical (unpaired) electrons. The van der Waals surface area contributed by atoms with Gasteiger partial charge in [-0.25, -0.2) is 0 Å². The van der Waals surface area contributed by atoms with Crippen LogP contribution < -0.4 is 21.7 Å². The van der Waals surface area contributed by atoms with Crippen LogP contribution in [-0.2, 0) is 4.79 Å². The van der Waals surface area contributed by atoms with Crippen LogP contribution in [0.4, 0.5) is 11.4 Å². The van der Waals surface area contributed by atoms with Crippen LogP contribution >= 0.6 is 0 Å². The third kappa shape index (κ3) is 6.47. The Hall–Kier alpha value is -3.35. The summed E-state index contributed by atoms with van der Waals surface area (Å²) >= 11 is 0. The molecule has 0 aliphatic heterocycles. The van der Waals surface area contributed by atoms with Gasteiger partial charge in [-0.15, -0.1) is 0 Å². The maximum atomic E-state index is 12.0. The largest absolute Gasteiger partial charge is 0.376 e. The molecule has 0 unspecified atom stereocenters. The zero-order chi connectivity index (χ0) is 19.6. The number of carbonyl (C=O) groups is 3. The predicted octanol–water partition coefficient (Wildman–Crippen LogP) is 2.37. The Labute approximate surface area is 158 Å². The molecule has 3 amide bonds. The molecule has 0 aliphatic rings. The van der Waals surface area contributed by atoms with Gasteiger partial charge < -0.3 is 21.7 Å². The van der Waals surface area contributed by atoms with E-state index >= 15 is 0 Å². The fraction of sp³-hybridized carbons (Fsp3) is 0.250. The zero-order valence-corrected chi connectivity index (χ0v) is 15.2. The molecule has 142 valence electrons. The third-order valence-corrected chi connectivity index (χ3v) is 3.85. The minimum Gasteiger partial charge on any atom is -0.376 e. The second-order valence-electron chi connectivity index (χ2n) is 6.03. The molecule has 0 aromatic heterocycles. The Morgan fingerprint density at radius 3 is 2.37 bits per heavy atom. The summed E-state index contributed by atoms with van der Waals surface area (Å²) in [7, 11) is 0. The summed E-state index contributed by atoms with van der Waals surface area (Å²) in [5, 5.41) is 8.53. The smallest absolute Gasteiger partial charge is 0.251 e. The molecule has 2 aromatic carbocycles. The molecular weight excluding hydrogens is 344 g/mol. The second-order valence-corrected chi connectivity index (χ2v) is 6.03. The lowest BCUT2D eigenvalue weighted by molar-refractivity contribution is -0.114. The van der Waals surface area contributed by atoms with Crippen molar-refractivity contribution < 1.29 is 14.4 Å². The van der Waals surface area contributed by atoms with Gasteiger partial charge in [0, 0.05) is 29.0 Å². The number of carbonyl (C=O) groups excluding carboxylic acids is 3. The highest BCUT2D eigenvalue weighted by Gasteiger charge is 2.07. The van der Waals surface area contributed by atoms with Gasteiger partial charge in [-0.1, -0.05) is 19.4 Å². The average Bonchev–Trinajstić information content (AvgIpc) is 2.67. The van der Waals surface area contributed by atoms with Gasteiger partial charge in [0.25, 0.3) is 5.91 Å². The third-order valence-electron chi connectivity index (χ3n) is 3.85. The lowest BCUT2D eigenvalue weighted by Gasteiger charge is -2.09. The molecule has 7 nitrogen and oxygen atoms in total. The van der Waals surface area contributed by atoms with E-state index in [9.17, 15) is 14.4 Å². The number of rotatable bonds is 9. The lowest BCUT2D eigenvalue weighted by atomic mass is 10.2. The van der Waals surface area contributed by atoms with E-state index in [4.69, 9.17) is 5.73 Å². The van der Waals surface area contributed by atoms with Gasteiger partial charge in [-0.05, 0) is 48.9 Å². The first-order valence-corrected chi connectivity index (χ1v) is 8.81. The minimum atomic E-state index is -0.553. The van der Waals surface area contributed by atoms with Crippen LogP contribution in [0.3, 0.4) is 0 Å². The lowest BCUT2D eigenvalue weighted by Crippen LogP contribution is -2.24. The van der Waals surface area contributed by atoms with Crippen LogP contribution in [0, 0.1) is 0 Å². The summed E-state index contributed by atoms with van der Waals surface area (Å²) in [5.41, 5.74) is 7.34. The van der Waals surface area contributed by atoms with E-state index in [1.165, 1.54) is 6.07 Å². The van der Waals surface area contributed by atoms with Crippen LogP contribution in [0.15, 0.2) is 48.5 Å². The highest BCUT2D eigenvalue weighted by molar-refractivity contribution is 5.97. The minimum absolute atomic E-state index is 0.0445. The average molecular weight is 368 g/mol. The Balaban J connectivity index is 1.83. The number of nitrogens with two attached hydrogens (primary N) is 1. The summed E-state index contributed by atoms with van der Waals surface area (Å²) in [4.78, 5) is 35.1. The van der Waals surface area contributed by atoms with E-state index < -0.39 is 5.91 Å². The molecular formula is C20H24N4O3. The topological polar surface area (TPSA) is 113 Å². The molecule has 0 aliphatic carbocycles. The van der Waals surface area contributed by atoms with Crippen molar-refractivity contribution in [1.29, 1.82) is 0 Å². The second kappa shape index (κ2) is 9.96. The van der Waals surface area contributed by atoms with Crippen molar-refractivity contribution in [1.82, 2.24) is 5.32 Å². The number of amides is 3. The summed E-state index contributed by atoms with van der Waals surface area (Å²) < 4.78 is 0. The maximum absolute atomic E-state index is 12.0. The van der Waals surface area contributed by atoms with E-state index in [1.807, 2.05) is 0 Å². The van der Waals surface area contributed by atoms with Gasteiger partial charge in [0.05, 0.1) is 6.54 Å². The van der Waals surface area contributed by atoms with Gasteiger partial charge in [-0.3, -0.25) is 14.4 Å². The molecule has 0 saturated heterocycles. The Morgan fingerprint density at radius 1 is 0.963 bits per heavy atom. The molecule has 0 atom stereocenters. The van der Waals surface area contributed by atoms with Crippen LogP contribution in [-0.4, -0.2) is 30.8 Å². The molecule has 2 aromatic rings. The van der Waals surface area contributed by atoms with Crippen LogP contribution in [0.5, 0.6) is 0 Å². The highest BCUT2D eigenvalue weighted by atomic mass is 16.2.